The number of nitrogens with zero attached hydrogens (tertiary/aromatic N) is 1. The summed E-state index contributed by atoms with van der Waals surface area (Å²) in [5.41, 5.74) is 1.76. The van der Waals surface area contributed by atoms with Crippen molar-refractivity contribution in [2.24, 2.45) is 0 Å². The molecule has 2 aromatic rings. The molecule has 7 heteroatoms. The number of benzene rings is 1. The van der Waals surface area contributed by atoms with E-state index in [9.17, 15) is 9.67 Å². The van der Waals surface area contributed by atoms with Gasteiger partial charge in [-0.25, -0.2) is 4.98 Å². The van der Waals surface area contributed by atoms with Gasteiger partial charge in [-0.1, -0.05) is 30.3 Å². The summed E-state index contributed by atoms with van der Waals surface area (Å²) in [5.74, 6) is 0. The number of aromatic nitrogens is 1. The summed E-state index contributed by atoms with van der Waals surface area (Å²) in [7, 11) is -1.05. The predicted octanol–water partition coefficient (Wildman–Crippen LogP) is 3.78. The first kappa shape index (κ1) is 15.8. The van der Waals surface area contributed by atoms with E-state index in [4.69, 9.17) is 9.05 Å². The van der Waals surface area contributed by atoms with Gasteiger partial charge in [0.25, 0.3) is 0 Å². The Balaban J connectivity index is 2.12. The second-order valence-electron chi connectivity index (χ2n) is 5.19. The Kier molecular flexibility index (Phi) is 4.23. The van der Waals surface area contributed by atoms with E-state index in [1.807, 2.05) is 30.3 Å². The van der Waals surface area contributed by atoms with Crippen molar-refractivity contribution in [2.75, 3.05) is 14.2 Å². The first-order chi connectivity index (χ1) is 10.5. The van der Waals surface area contributed by atoms with Crippen LogP contribution < -0.4 is 0 Å². The van der Waals surface area contributed by atoms with Crippen LogP contribution in [0.3, 0.4) is 0 Å². The molecule has 0 fully saturated rings. The van der Waals surface area contributed by atoms with Crippen LogP contribution in [0.2, 0.25) is 0 Å². The Morgan fingerprint density at radius 1 is 1.27 bits per heavy atom. The molecule has 0 saturated carbocycles. The summed E-state index contributed by atoms with van der Waals surface area (Å²) < 4.78 is 22.9. The molecule has 1 aliphatic rings. The smallest absolute Gasteiger partial charge is 0.366 e. The summed E-state index contributed by atoms with van der Waals surface area (Å²) in [4.78, 5) is 5.23. The zero-order chi connectivity index (χ0) is 15.8. The number of rotatable bonds is 4. The van der Waals surface area contributed by atoms with Gasteiger partial charge in [-0.15, -0.1) is 11.3 Å². The van der Waals surface area contributed by atoms with Crippen molar-refractivity contribution in [3.63, 3.8) is 0 Å². The standard InChI is InChI=1S/C15H18NO4PS/c1-19-21(18,20-2)15(17)10-6-9-12-13(15)22-14(16-12)11-7-4-3-5-8-11/h3-5,7-8,17H,6,9-10H2,1-2H3. The number of aryl methyl sites for hydroxylation is 1. The highest BCUT2D eigenvalue weighted by molar-refractivity contribution is 7.55. The highest BCUT2D eigenvalue weighted by Gasteiger charge is 2.54. The van der Waals surface area contributed by atoms with Crippen molar-refractivity contribution in [2.45, 2.75) is 24.6 Å². The topological polar surface area (TPSA) is 68.7 Å². The highest BCUT2D eigenvalue weighted by atomic mass is 32.1. The van der Waals surface area contributed by atoms with Crippen molar-refractivity contribution in [1.29, 1.82) is 0 Å². The minimum absolute atomic E-state index is 0.343. The molecule has 0 bridgehead atoms. The second kappa shape index (κ2) is 5.87. The van der Waals surface area contributed by atoms with E-state index >= 15 is 0 Å². The minimum Gasteiger partial charge on any atom is -0.373 e. The van der Waals surface area contributed by atoms with Gasteiger partial charge < -0.3 is 14.2 Å². The third-order valence-corrected chi connectivity index (χ3v) is 7.72. The SMILES string of the molecule is COP(=O)(OC)C1(O)CCCc2nc(-c3ccccc3)sc21. The minimum atomic E-state index is -3.65. The average molecular weight is 339 g/mol. The molecular formula is C15H18NO4PS. The van der Waals surface area contributed by atoms with Crippen molar-refractivity contribution in [1.82, 2.24) is 4.98 Å². The van der Waals surface area contributed by atoms with Crippen LogP contribution in [0.25, 0.3) is 10.6 Å². The first-order valence-corrected chi connectivity index (χ1v) is 9.39. The lowest BCUT2D eigenvalue weighted by Gasteiger charge is -2.35. The molecule has 1 unspecified atom stereocenters. The van der Waals surface area contributed by atoms with E-state index in [1.54, 1.807) is 0 Å². The van der Waals surface area contributed by atoms with Crippen LogP contribution in [-0.2, 0) is 25.4 Å². The molecule has 5 nitrogen and oxygen atoms in total. The van der Waals surface area contributed by atoms with Gasteiger partial charge >= 0.3 is 7.60 Å². The monoisotopic (exact) mass is 339 g/mol. The Labute approximate surface area is 133 Å². The molecule has 1 heterocycles. The number of hydrogen-bond acceptors (Lipinski definition) is 6. The Bertz CT molecular complexity index is 710. The molecule has 0 saturated heterocycles. The van der Waals surface area contributed by atoms with Crippen LogP contribution >= 0.6 is 18.9 Å². The van der Waals surface area contributed by atoms with Gasteiger partial charge in [-0.2, -0.15) is 0 Å². The van der Waals surface area contributed by atoms with Crippen molar-refractivity contribution in [3.8, 4) is 10.6 Å². The van der Waals surface area contributed by atoms with Crippen LogP contribution in [-0.4, -0.2) is 24.3 Å². The fourth-order valence-corrected chi connectivity index (χ4v) is 5.96. The molecule has 3 rings (SSSR count). The Hall–Kier alpha value is -1.04. The molecule has 22 heavy (non-hydrogen) atoms. The Morgan fingerprint density at radius 2 is 1.95 bits per heavy atom. The van der Waals surface area contributed by atoms with Crippen molar-refractivity contribution < 1.29 is 18.7 Å². The molecule has 0 aliphatic heterocycles. The quantitative estimate of drug-likeness (QED) is 0.859. The highest BCUT2D eigenvalue weighted by Crippen LogP contribution is 2.67. The van der Waals surface area contributed by atoms with Crippen molar-refractivity contribution in [3.05, 3.63) is 40.9 Å². The number of hydrogen-bond donors (Lipinski definition) is 1. The molecule has 0 amide bonds. The summed E-state index contributed by atoms with van der Waals surface area (Å²) in [6.07, 6.45) is 1.79. The summed E-state index contributed by atoms with van der Waals surface area (Å²) >= 11 is 1.36. The predicted molar refractivity (Wildman–Crippen MR) is 86.0 cm³/mol. The third kappa shape index (κ3) is 2.36. The van der Waals surface area contributed by atoms with Gasteiger partial charge in [0.15, 0.2) is 0 Å². The zero-order valence-electron chi connectivity index (χ0n) is 12.5. The molecule has 118 valence electrons. The number of fused-ring (bicyclic) bond motifs is 1. The molecule has 1 atom stereocenters. The molecule has 0 spiro atoms. The zero-order valence-corrected chi connectivity index (χ0v) is 14.2. The molecule has 1 aliphatic carbocycles. The molecule has 0 radical (unpaired) electrons. The maximum atomic E-state index is 12.8. The number of thiazole rings is 1. The lowest BCUT2D eigenvalue weighted by molar-refractivity contribution is 0.0637. The summed E-state index contributed by atoms with van der Waals surface area (Å²) in [5, 5.41) is 10.3. The summed E-state index contributed by atoms with van der Waals surface area (Å²) in [6.45, 7) is 0. The van der Waals surface area contributed by atoms with Gasteiger partial charge in [-0.05, 0) is 19.3 Å². The van der Waals surface area contributed by atoms with Crippen LogP contribution in [0.15, 0.2) is 30.3 Å². The van der Waals surface area contributed by atoms with E-state index in [0.29, 0.717) is 17.7 Å². The molecule has 1 aromatic carbocycles. The molecule has 1 aromatic heterocycles. The van der Waals surface area contributed by atoms with Gasteiger partial charge in [0.2, 0.25) is 5.34 Å². The average Bonchev–Trinajstić information content (AvgIpc) is 3.00. The maximum Gasteiger partial charge on any atom is 0.366 e. The fraction of sp³-hybridized carbons (Fsp3) is 0.400. The Morgan fingerprint density at radius 3 is 2.59 bits per heavy atom. The largest absolute Gasteiger partial charge is 0.373 e. The first-order valence-electron chi connectivity index (χ1n) is 7.03. The van der Waals surface area contributed by atoms with Gasteiger partial charge in [0.05, 0.1) is 10.6 Å². The van der Waals surface area contributed by atoms with Crippen LogP contribution in [0.5, 0.6) is 0 Å². The normalized spacial score (nSPS) is 21.6. The van der Waals surface area contributed by atoms with Gasteiger partial charge in [0.1, 0.15) is 5.01 Å². The van der Waals surface area contributed by atoms with Crippen LogP contribution in [0, 0.1) is 0 Å². The fourth-order valence-electron chi connectivity index (χ4n) is 2.79. The van der Waals surface area contributed by atoms with Crippen LogP contribution in [0.4, 0.5) is 0 Å². The van der Waals surface area contributed by atoms with E-state index in [-0.39, 0.29) is 0 Å². The number of aliphatic hydroxyl groups is 1. The van der Waals surface area contributed by atoms with E-state index in [1.165, 1.54) is 25.6 Å². The van der Waals surface area contributed by atoms with Gasteiger partial charge in [-0.3, -0.25) is 4.57 Å². The lowest BCUT2D eigenvalue weighted by atomic mass is 10.00. The lowest BCUT2D eigenvalue weighted by Crippen LogP contribution is -2.30. The second-order valence-corrected chi connectivity index (χ2v) is 8.66. The molecular weight excluding hydrogens is 321 g/mol. The maximum absolute atomic E-state index is 12.8. The van der Waals surface area contributed by atoms with Crippen LogP contribution in [0.1, 0.15) is 23.4 Å². The van der Waals surface area contributed by atoms with E-state index in [0.717, 1.165) is 22.7 Å². The van der Waals surface area contributed by atoms with Gasteiger partial charge in [0, 0.05) is 19.8 Å². The van der Waals surface area contributed by atoms with E-state index in [2.05, 4.69) is 4.98 Å². The van der Waals surface area contributed by atoms with Crippen molar-refractivity contribution >= 4 is 18.9 Å². The molecule has 1 N–H and O–H groups in total. The summed E-state index contributed by atoms with van der Waals surface area (Å²) in [6, 6.07) is 9.76. The van der Waals surface area contributed by atoms with E-state index < -0.39 is 12.9 Å². The third-order valence-electron chi connectivity index (χ3n) is 3.95.